The van der Waals surface area contributed by atoms with Crippen molar-refractivity contribution in [3.05, 3.63) is 98.5 Å². The van der Waals surface area contributed by atoms with Gasteiger partial charge in [-0.05, 0) is 61.4 Å². The summed E-state index contributed by atoms with van der Waals surface area (Å²) in [6.07, 6.45) is 0. The summed E-state index contributed by atoms with van der Waals surface area (Å²) in [5, 5.41) is 3.53. The Kier molecular flexibility index (Phi) is 5.64. The molecule has 0 saturated heterocycles. The molecule has 0 radical (unpaired) electrons. The van der Waals surface area contributed by atoms with Crippen LogP contribution in [0.1, 0.15) is 37.4 Å². The Hall–Kier alpha value is -2.62. The van der Waals surface area contributed by atoms with Gasteiger partial charge in [0.15, 0.2) is 5.78 Å². The van der Waals surface area contributed by atoms with Gasteiger partial charge in [-0.25, -0.2) is 0 Å². The molecule has 0 aliphatic rings. The highest BCUT2D eigenvalue weighted by atomic mass is 35.5. The standard InChI is InChI=1S/C22H17Cl2NO2/c1-13-11-17(21(26)15-7-3-5-9-18(15)23)20(12-14(13)2)25-22(27)16-8-4-6-10-19(16)24/h3-12H,1-2H3,(H,25,27). The van der Waals surface area contributed by atoms with E-state index in [-0.39, 0.29) is 11.7 Å². The molecular formula is C22H17Cl2NO2. The van der Waals surface area contributed by atoms with Crippen molar-refractivity contribution in [2.45, 2.75) is 13.8 Å². The molecule has 0 saturated carbocycles. The molecule has 0 unspecified atom stereocenters. The van der Waals surface area contributed by atoms with Crippen molar-refractivity contribution in [3.8, 4) is 0 Å². The SMILES string of the molecule is Cc1cc(NC(=O)c2ccccc2Cl)c(C(=O)c2ccccc2Cl)cc1C. The van der Waals surface area contributed by atoms with Gasteiger partial charge < -0.3 is 5.32 Å². The third-order valence-corrected chi connectivity index (χ3v) is 5.02. The summed E-state index contributed by atoms with van der Waals surface area (Å²) in [6.45, 7) is 3.84. The minimum atomic E-state index is -0.378. The Balaban J connectivity index is 2.04. The second kappa shape index (κ2) is 7.95. The highest BCUT2D eigenvalue weighted by Gasteiger charge is 2.20. The Bertz CT molecular complexity index is 1040. The van der Waals surface area contributed by atoms with E-state index in [1.54, 1.807) is 60.7 Å². The van der Waals surface area contributed by atoms with Crippen LogP contribution in [0.5, 0.6) is 0 Å². The molecule has 0 heterocycles. The summed E-state index contributed by atoms with van der Waals surface area (Å²) in [7, 11) is 0. The van der Waals surface area contributed by atoms with Crippen molar-refractivity contribution >= 4 is 40.6 Å². The lowest BCUT2D eigenvalue weighted by Crippen LogP contribution is -2.16. The monoisotopic (exact) mass is 397 g/mol. The number of carbonyl (C=O) groups is 2. The number of benzene rings is 3. The van der Waals surface area contributed by atoms with Gasteiger partial charge in [0.05, 0.1) is 21.3 Å². The number of anilines is 1. The highest BCUT2D eigenvalue weighted by Crippen LogP contribution is 2.27. The number of halogens is 2. The van der Waals surface area contributed by atoms with Gasteiger partial charge in [0, 0.05) is 11.1 Å². The van der Waals surface area contributed by atoms with Crippen molar-refractivity contribution in [1.29, 1.82) is 0 Å². The number of aryl methyl sites for hydroxylation is 2. The molecule has 0 bridgehead atoms. The maximum atomic E-state index is 13.1. The van der Waals surface area contributed by atoms with Crippen molar-refractivity contribution in [3.63, 3.8) is 0 Å². The lowest BCUT2D eigenvalue weighted by Gasteiger charge is -2.14. The number of carbonyl (C=O) groups excluding carboxylic acids is 2. The molecule has 1 amide bonds. The van der Waals surface area contributed by atoms with E-state index >= 15 is 0 Å². The van der Waals surface area contributed by atoms with Crippen LogP contribution in [0.4, 0.5) is 5.69 Å². The summed E-state index contributed by atoms with van der Waals surface area (Å²) in [4.78, 5) is 25.8. The predicted octanol–water partition coefficient (Wildman–Crippen LogP) is 6.09. The van der Waals surface area contributed by atoms with E-state index < -0.39 is 0 Å². The molecule has 0 atom stereocenters. The summed E-state index contributed by atoms with van der Waals surface area (Å²) in [6, 6.07) is 17.2. The summed E-state index contributed by atoms with van der Waals surface area (Å²) in [5.74, 6) is -0.629. The third-order valence-electron chi connectivity index (χ3n) is 4.36. The van der Waals surface area contributed by atoms with Crippen LogP contribution in [-0.4, -0.2) is 11.7 Å². The molecule has 0 aliphatic carbocycles. The number of hydrogen-bond donors (Lipinski definition) is 1. The van der Waals surface area contributed by atoms with Gasteiger partial charge in [0.25, 0.3) is 5.91 Å². The van der Waals surface area contributed by atoms with Gasteiger partial charge in [-0.2, -0.15) is 0 Å². The molecule has 1 N–H and O–H groups in total. The fourth-order valence-corrected chi connectivity index (χ4v) is 3.18. The second-order valence-electron chi connectivity index (χ2n) is 6.22. The van der Waals surface area contributed by atoms with Crippen LogP contribution in [0.25, 0.3) is 0 Å². The average molecular weight is 398 g/mol. The largest absolute Gasteiger partial charge is 0.321 e. The van der Waals surface area contributed by atoms with Crippen LogP contribution in [0.2, 0.25) is 10.0 Å². The molecule has 136 valence electrons. The first kappa shape index (κ1) is 19.2. The second-order valence-corrected chi connectivity index (χ2v) is 7.04. The van der Waals surface area contributed by atoms with Crippen LogP contribution in [0, 0.1) is 13.8 Å². The zero-order chi connectivity index (χ0) is 19.6. The zero-order valence-corrected chi connectivity index (χ0v) is 16.4. The summed E-state index contributed by atoms with van der Waals surface area (Å²) >= 11 is 12.3. The Morgan fingerprint density at radius 3 is 1.85 bits per heavy atom. The average Bonchev–Trinajstić information content (AvgIpc) is 2.64. The summed E-state index contributed by atoms with van der Waals surface area (Å²) in [5.41, 5.74) is 3.44. The first-order valence-corrected chi connectivity index (χ1v) is 9.10. The van der Waals surface area contributed by atoms with E-state index in [0.29, 0.717) is 32.4 Å². The molecule has 3 aromatic rings. The Labute approximate surface area is 167 Å². The van der Waals surface area contributed by atoms with E-state index in [4.69, 9.17) is 23.2 Å². The van der Waals surface area contributed by atoms with Gasteiger partial charge in [0.2, 0.25) is 0 Å². The minimum absolute atomic E-state index is 0.252. The quantitative estimate of drug-likeness (QED) is 0.541. The number of nitrogens with one attached hydrogen (secondary N) is 1. The molecule has 3 nitrogen and oxygen atoms in total. The van der Waals surface area contributed by atoms with Crippen LogP contribution >= 0.6 is 23.2 Å². The van der Waals surface area contributed by atoms with E-state index in [9.17, 15) is 9.59 Å². The maximum Gasteiger partial charge on any atom is 0.257 e. The number of hydrogen-bond acceptors (Lipinski definition) is 2. The molecule has 3 aromatic carbocycles. The molecule has 5 heteroatoms. The fraction of sp³-hybridized carbons (Fsp3) is 0.0909. The molecule has 0 aromatic heterocycles. The number of ketones is 1. The van der Waals surface area contributed by atoms with E-state index in [1.165, 1.54) is 0 Å². The first-order chi connectivity index (χ1) is 12.9. The minimum Gasteiger partial charge on any atom is -0.321 e. The van der Waals surface area contributed by atoms with Gasteiger partial charge in [-0.15, -0.1) is 0 Å². The molecule has 0 aliphatic heterocycles. The van der Waals surface area contributed by atoms with E-state index in [1.807, 2.05) is 13.8 Å². The smallest absolute Gasteiger partial charge is 0.257 e. The van der Waals surface area contributed by atoms with Gasteiger partial charge in [0.1, 0.15) is 0 Å². The first-order valence-electron chi connectivity index (χ1n) is 8.35. The Morgan fingerprint density at radius 2 is 1.26 bits per heavy atom. The molecule has 0 fully saturated rings. The van der Waals surface area contributed by atoms with E-state index in [0.717, 1.165) is 11.1 Å². The van der Waals surface area contributed by atoms with Gasteiger partial charge >= 0.3 is 0 Å². The molecular weight excluding hydrogens is 381 g/mol. The third kappa shape index (κ3) is 4.05. The highest BCUT2D eigenvalue weighted by molar-refractivity contribution is 6.36. The van der Waals surface area contributed by atoms with Crippen molar-refractivity contribution in [2.75, 3.05) is 5.32 Å². The van der Waals surface area contributed by atoms with Crippen LogP contribution in [-0.2, 0) is 0 Å². The van der Waals surface area contributed by atoms with E-state index in [2.05, 4.69) is 5.32 Å². The van der Waals surface area contributed by atoms with Crippen LogP contribution in [0.3, 0.4) is 0 Å². The van der Waals surface area contributed by atoms with Crippen LogP contribution in [0.15, 0.2) is 60.7 Å². The molecule has 0 spiro atoms. The zero-order valence-electron chi connectivity index (χ0n) is 14.8. The number of rotatable bonds is 4. The topological polar surface area (TPSA) is 46.2 Å². The van der Waals surface area contributed by atoms with Gasteiger partial charge in [-0.3, -0.25) is 9.59 Å². The lowest BCUT2D eigenvalue weighted by molar-refractivity contribution is 0.102. The van der Waals surface area contributed by atoms with Gasteiger partial charge in [-0.1, -0.05) is 47.5 Å². The van der Waals surface area contributed by atoms with Crippen molar-refractivity contribution < 1.29 is 9.59 Å². The fourth-order valence-electron chi connectivity index (χ4n) is 2.73. The molecule has 27 heavy (non-hydrogen) atoms. The van der Waals surface area contributed by atoms with Crippen LogP contribution < -0.4 is 5.32 Å². The van der Waals surface area contributed by atoms with Crippen molar-refractivity contribution in [1.82, 2.24) is 0 Å². The summed E-state index contributed by atoms with van der Waals surface area (Å²) < 4.78 is 0. The predicted molar refractivity (Wildman–Crippen MR) is 110 cm³/mol. The lowest BCUT2D eigenvalue weighted by atomic mass is 9.97. The van der Waals surface area contributed by atoms with Crippen molar-refractivity contribution in [2.24, 2.45) is 0 Å². The Morgan fingerprint density at radius 1 is 0.741 bits per heavy atom. The number of amides is 1. The maximum absolute atomic E-state index is 13.1. The normalized spacial score (nSPS) is 10.5. The molecule has 3 rings (SSSR count).